The van der Waals surface area contributed by atoms with E-state index in [9.17, 15) is 43.2 Å². The van der Waals surface area contributed by atoms with E-state index < -0.39 is 97.5 Å². The lowest BCUT2D eigenvalue weighted by atomic mass is 10.0. The Bertz CT molecular complexity index is 2350. The van der Waals surface area contributed by atoms with Crippen LogP contribution in [0.3, 0.4) is 0 Å². The Morgan fingerprint density at radius 1 is 0.279 bits per heavy atom. The van der Waals surface area contributed by atoms with Gasteiger partial charge in [-0.15, -0.1) is 0 Å². The van der Waals surface area contributed by atoms with Crippen LogP contribution in [-0.2, 0) is 65.4 Å². The van der Waals surface area contributed by atoms with Gasteiger partial charge in [-0.05, 0) is 128 Å². The van der Waals surface area contributed by atoms with Crippen LogP contribution in [0.4, 0.5) is 0 Å². The maximum Gasteiger partial charge on any atom is 0.472 e. The normalized spacial score (nSPS) is 14.3. The van der Waals surface area contributed by atoms with Crippen molar-refractivity contribution in [3.8, 4) is 0 Å². The maximum atomic E-state index is 13.1. The fraction of sp³-hybridized carbons (Fsp3) is 0.765. The van der Waals surface area contributed by atoms with Crippen LogP contribution >= 0.6 is 15.6 Å². The van der Waals surface area contributed by atoms with Crippen molar-refractivity contribution in [2.24, 2.45) is 0 Å². The Kier molecular flexibility index (Phi) is 74.2. The van der Waals surface area contributed by atoms with E-state index in [1.54, 1.807) is 0 Å². The number of hydrogen-bond acceptors (Lipinski definition) is 15. The van der Waals surface area contributed by atoms with E-state index in [4.69, 9.17) is 37.0 Å². The number of phosphoric acid groups is 2. The summed E-state index contributed by atoms with van der Waals surface area (Å²) in [7, 11) is -9.96. The summed E-state index contributed by atoms with van der Waals surface area (Å²) in [6, 6.07) is 0. The molecule has 0 saturated carbocycles. The van der Waals surface area contributed by atoms with Gasteiger partial charge in [-0.25, -0.2) is 9.13 Å². The van der Waals surface area contributed by atoms with Crippen LogP contribution in [-0.4, -0.2) is 96.7 Å². The number of unbranched alkanes of at least 4 members (excludes halogenated alkanes) is 36. The topological polar surface area (TPSA) is 237 Å². The van der Waals surface area contributed by atoms with E-state index in [1.165, 1.54) is 89.9 Å². The van der Waals surface area contributed by atoms with Crippen molar-refractivity contribution in [2.75, 3.05) is 39.6 Å². The molecule has 0 spiro atoms. The number of ether oxygens (including phenoxy) is 4. The molecule has 19 heteroatoms. The van der Waals surface area contributed by atoms with E-state index in [2.05, 4.69) is 125 Å². The number of esters is 4. The average Bonchev–Trinajstić information content (AvgIpc) is 0.939. The zero-order chi connectivity index (χ0) is 76.0. The third-order valence-corrected chi connectivity index (χ3v) is 19.4. The van der Waals surface area contributed by atoms with Gasteiger partial charge < -0.3 is 33.8 Å². The molecule has 0 radical (unpaired) electrons. The molecule has 0 aromatic heterocycles. The van der Waals surface area contributed by atoms with E-state index in [1.807, 2.05) is 0 Å². The molecule has 0 aromatic rings. The van der Waals surface area contributed by atoms with Gasteiger partial charge in [0.2, 0.25) is 0 Å². The maximum absolute atomic E-state index is 13.1. The number of rotatable bonds is 78. The van der Waals surface area contributed by atoms with Crippen molar-refractivity contribution in [1.29, 1.82) is 0 Å². The molecule has 0 heterocycles. The van der Waals surface area contributed by atoms with E-state index >= 15 is 0 Å². The summed E-state index contributed by atoms with van der Waals surface area (Å²) in [6.07, 6.45) is 82.2. The Hall–Kier alpha value is -4.02. The van der Waals surface area contributed by atoms with Crippen LogP contribution in [0.25, 0.3) is 0 Å². The second-order valence-electron chi connectivity index (χ2n) is 27.7. The Morgan fingerprint density at radius 2 is 0.500 bits per heavy atom. The van der Waals surface area contributed by atoms with Gasteiger partial charge in [-0.3, -0.25) is 37.3 Å². The molecule has 0 aliphatic carbocycles. The van der Waals surface area contributed by atoms with Gasteiger partial charge in [0, 0.05) is 25.7 Å². The highest BCUT2D eigenvalue weighted by Crippen LogP contribution is 2.45. The lowest BCUT2D eigenvalue weighted by molar-refractivity contribution is -0.161. The number of carbonyl (C=O) groups excluding carboxylic acids is 4. The number of carbonyl (C=O) groups is 4. The van der Waals surface area contributed by atoms with E-state index in [0.29, 0.717) is 25.7 Å². The monoisotopic (exact) mass is 1510 g/mol. The molecule has 3 N–H and O–H groups in total. The van der Waals surface area contributed by atoms with Crippen molar-refractivity contribution in [3.05, 3.63) is 97.2 Å². The summed E-state index contributed by atoms with van der Waals surface area (Å²) in [5.74, 6) is -2.19. The summed E-state index contributed by atoms with van der Waals surface area (Å²) in [6.45, 7) is 4.73. The second-order valence-corrected chi connectivity index (χ2v) is 30.6. The van der Waals surface area contributed by atoms with Crippen LogP contribution in [0, 0.1) is 0 Å². The quantitative estimate of drug-likeness (QED) is 0.0169. The van der Waals surface area contributed by atoms with Gasteiger partial charge in [-0.1, -0.05) is 305 Å². The molecular formula is C85H150O17P2. The van der Waals surface area contributed by atoms with Gasteiger partial charge in [0.25, 0.3) is 0 Å². The molecule has 0 aliphatic heterocycles. The highest BCUT2D eigenvalue weighted by atomic mass is 31.2. The zero-order valence-corrected chi connectivity index (χ0v) is 67.7. The predicted octanol–water partition coefficient (Wildman–Crippen LogP) is 24.3. The molecule has 0 aromatic carbocycles. The molecule has 0 saturated heterocycles. The number of aliphatic hydroxyl groups is 1. The fourth-order valence-corrected chi connectivity index (χ4v) is 12.8. The van der Waals surface area contributed by atoms with E-state index in [0.717, 1.165) is 193 Å². The van der Waals surface area contributed by atoms with Crippen LogP contribution in [0.1, 0.15) is 362 Å². The molecule has 0 aliphatic rings. The molecule has 17 nitrogen and oxygen atoms in total. The van der Waals surface area contributed by atoms with Gasteiger partial charge in [0.05, 0.1) is 26.4 Å². The third-order valence-electron chi connectivity index (χ3n) is 17.5. The molecule has 104 heavy (non-hydrogen) atoms. The first-order valence-electron chi connectivity index (χ1n) is 41.5. The van der Waals surface area contributed by atoms with Gasteiger partial charge in [-0.2, -0.15) is 0 Å². The summed E-state index contributed by atoms with van der Waals surface area (Å²) < 4.78 is 68.7. The first kappa shape index (κ1) is 100.0. The first-order chi connectivity index (χ1) is 50.7. The van der Waals surface area contributed by atoms with Crippen LogP contribution < -0.4 is 0 Å². The lowest BCUT2D eigenvalue weighted by Crippen LogP contribution is -2.30. The molecule has 5 unspecified atom stereocenters. The Morgan fingerprint density at radius 3 is 0.788 bits per heavy atom. The summed E-state index contributed by atoms with van der Waals surface area (Å²) in [5, 5.41) is 10.7. The van der Waals surface area contributed by atoms with E-state index in [-0.39, 0.29) is 25.7 Å². The minimum Gasteiger partial charge on any atom is -0.462 e. The summed E-state index contributed by atoms with van der Waals surface area (Å²) >= 11 is 0. The molecule has 0 fully saturated rings. The van der Waals surface area contributed by atoms with Crippen molar-refractivity contribution in [1.82, 2.24) is 0 Å². The standard InChI is InChI=1S/C85H150O17P2/c1-5-9-13-17-21-25-29-33-36-38-39-41-44-47-50-54-58-62-66-70-83(88)95-75-80(101-84(89)71-67-63-59-55-51-45-32-28-24-20-16-12-8-4)77-99-103(91,92)97-73-79(86)74-98-104(93,94)100-78-81(102-85(90)72-68-64-60-56-52-48-42-35-31-27-23-19-15-11-7-3)76-96-82(87)69-65-61-57-53-49-46-43-40-37-34-30-26-22-18-14-10-6-2/h10,14,21-23,25-27,33-37,39,41-42,79-81,86H,5-9,11-13,15-20,24,28-32,38,40,43-78H2,1-4H3,(H,91,92)(H,93,94)/b14-10-,25-21-,26-22-,27-23-,36-33-,37-34-,41-39-,42-35-. The van der Waals surface area contributed by atoms with Crippen LogP contribution in [0.15, 0.2) is 97.2 Å². The lowest BCUT2D eigenvalue weighted by Gasteiger charge is -2.21. The van der Waals surface area contributed by atoms with Crippen molar-refractivity contribution in [3.63, 3.8) is 0 Å². The number of phosphoric ester groups is 2. The van der Waals surface area contributed by atoms with Gasteiger partial charge in [0.1, 0.15) is 19.3 Å². The zero-order valence-electron chi connectivity index (χ0n) is 65.9. The SMILES string of the molecule is CC/C=C\C/C=C\C/C=C\CCCCCCCCCC(=O)OCC(COP(=O)(O)OCC(O)COP(=O)(O)OCC(COC(=O)CCCCCCCC/C=C\C/C=C\C/C=C\CCCCC)OC(=O)CCCCCCCCCCCCCCC)OC(=O)CCCCCCC/C=C\C/C=C\CCCCC. The molecule has 0 amide bonds. The molecular weight excluding hydrogens is 1350 g/mol. The minimum atomic E-state index is -4.98. The van der Waals surface area contributed by atoms with Gasteiger partial charge in [0.15, 0.2) is 12.2 Å². The Balaban J connectivity index is 5.35. The number of hydrogen-bond donors (Lipinski definition) is 3. The number of aliphatic hydroxyl groups excluding tert-OH is 1. The molecule has 602 valence electrons. The van der Waals surface area contributed by atoms with Crippen molar-refractivity contribution < 1.29 is 80.2 Å². The minimum absolute atomic E-state index is 0.0773. The molecule has 5 atom stereocenters. The van der Waals surface area contributed by atoms with Crippen molar-refractivity contribution >= 4 is 39.5 Å². The van der Waals surface area contributed by atoms with Crippen LogP contribution in [0.5, 0.6) is 0 Å². The molecule has 0 rings (SSSR count). The third kappa shape index (κ3) is 76.2. The summed E-state index contributed by atoms with van der Waals surface area (Å²) in [4.78, 5) is 73.1. The smallest absolute Gasteiger partial charge is 0.462 e. The molecule has 0 bridgehead atoms. The highest BCUT2D eigenvalue weighted by Gasteiger charge is 2.30. The van der Waals surface area contributed by atoms with Gasteiger partial charge >= 0.3 is 39.5 Å². The predicted molar refractivity (Wildman–Crippen MR) is 427 cm³/mol. The summed E-state index contributed by atoms with van der Waals surface area (Å²) in [5.41, 5.74) is 0. The fourth-order valence-electron chi connectivity index (χ4n) is 11.2. The first-order valence-corrected chi connectivity index (χ1v) is 44.5. The largest absolute Gasteiger partial charge is 0.472 e. The second kappa shape index (κ2) is 77.1. The number of allylic oxidation sites excluding steroid dienone is 16. The average molecular weight is 1510 g/mol. The van der Waals surface area contributed by atoms with Crippen molar-refractivity contribution in [2.45, 2.75) is 380 Å². The Labute approximate surface area is 633 Å². The highest BCUT2D eigenvalue weighted by molar-refractivity contribution is 7.47. The van der Waals surface area contributed by atoms with Crippen LogP contribution in [0.2, 0.25) is 0 Å².